The number of carbonyl (C=O) groups excluding carboxylic acids is 1. The fourth-order valence-corrected chi connectivity index (χ4v) is 2.75. The Hall–Kier alpha value is -3.47. The third-order valence-electron chi connectivity index (χ3n) is 4.16. The Bertz CT molecular complexity index is 1040. The Labute approximate surface area is 179 Å². The molecule has 0 fully saturated rings. The van der Waals surface area contributed by atoms with E-state index in [2.05, 4.69) is 38.4 Å². The average Bonchev–Trinajstić information content (AvgIpc) is 2.77. The Balaban J connectivity index is 1.96. The first-order valence-electron chi connectivity index (χ1n) is 8.96. The molecule has 10 nitrogen and oxygen atoms in total. The Morgan fingerprint density at radius 1 is 1.13 bits per heavy atom. The van der Waals surface area contributed by atoms with Gasteiger partial charge in [0.25, 0.3) is 0 Å². The summed E-state index contributed by atoms with van der Waals surface area (Å²) < 4.78 is 17.3. The zero-order valence-electron chi connectivity index (χ0n) is 17.0. The lowest BCUT2D eigenvalue weighted by molar-refractivity contribution is 0.240. The Morgan fingerprint density at radius 2 is 1.83 bits per heavy atom. The molecule has 0 spiro atoms. The van der Waals surface area contributed by atoms with Crippen LogP contribution in [0.25, 0.3) is 11.2 Å². The maximum Gasteiger partial charge on any atom is 0.331 e. The number of nitrogens with one attached hydrogen (secondary N) is 2. The molecule has 1 aromatic carbocycles. The molecule has 2 heterocycles. The number of urea groups is 1. The van der Waals surface area contributed by atoms with Gasteiger partial charge in [-0.3, -0.25) is 4.31 Å². The zero-order chi connectivity index (χ0) is 21.7. The number of pyridine rings is 1. The second-order valence-electron chi connectivity index (χ2n) is 5.97. The van der Waals surface area contributed by atoms with E-state index in [1.165, 1.54) is 11.4 Å². The smallest absolute Gasteiger partial charge is 0.331 e. The summed E-state index contributed by atoms with van der Waals surface area (Å²) in [6.07, 6.45) is 3.09. The molecule has 0 saturated heterocycles. The van der Waals surface area contributed by atoms with Crippen molar-refractivity contribution in [1.29, 1.82) is 0 Å². The summed E-state index contributed by atoms with van der Waals surface area (Å²) in [6.45, 7) is 2.26. The predicted molar refractivity (Wildman–Crippen MR) is 117 cm³/mol. The van der Waals surface area contributed by atoms with Gasteiger partial charge in [-0.2, -0.15) is 0 Å². The first kappa shape index (κ1) is 21.2. The van der Waals surface area contributed by atoms with Gasteiger partial charge in [-0.15, -0.1) is 0 Å². The van der Waals surface area contributed by atoms with Gasteiger partial charge in [0.05, 0.1) is 33.2 Å². The molecular weight excluding hydrogens is 408 g/mol. The van der Waals surface area contributed by atoms with Gasteiger partial charge in [0.2, 0.25) is 5.75 Å². The molecule has 0 aliphatic carbocycles. The highest BCUT2D eigenvalue weighted by Gasteiger charge is 2.15. The van der Waals surface area contributed by atoms with Gasteiger partial charge in [0.15, 0.2) is 17.1 Å². The van der Waals surface area contributed by atoms with Crippen LogP contribution < -0.4 is 24.8 Å². The van der Waals surface area contributed by atoms with Crippen molar-refractivity contribution in [3.63, 3.8) is 0 Å². The number of ether oxygens (including phenoxy) is 3. The molecule has 2 N–H and O–H groups in total. The standard InChI is InChI=1S/C19H22N6O4S/c1-5-25(30)19(26)23-12-6-7-20-18-16(12)24-15(10-21-18)22-11-8-13(27-2)17(29-4)14(9-11)28-3/h6-10,30H,5H2,1-4H3,(H,22,24)(H,20,21,23,26). The van der Waals surface area contributed by atoms with Crippen molar-refractivity contribution in [2.24, 2.45) is 0 Å². The number of carbonyl (C=O) groups is 1. The number of hydrogen-bond acceptors (Lipinski definition) is 9. The van der Waals surface area contributed by atoms with Crippen LogP contribution in [0.1, 0.15) is 6.92 Å². The second kappa shape index (κ2) is 9.35. The highest BCUT2D eigenvalue weighted by atomic mass is 32.1. The maximum absolute atomic E-state index is 12.2. The molecule has 0 aliphatic heterocycles. The fraction of sp³-hybridized carbons (Fsp3) is 0.263. The minimum atomic E-state index is -0.377. The third-order valence-corrected chi connectivity index (χ3v) is 4.62. The summed E-state index contributed by atoms with van der Waals surface area (Å²) in [4.78, 5) is 25.3. The van der Waals surface area contributed by atoms with Crippen molar-refractivity contribution in [3.8, 4) is 17.2 Å². The highest BCUT2D eigenvalue weighted by molar-refractivity contribution is 7.78. The number of fused-ring (bicyclic) bond motifs is 1. The molecule has 11 heteroatoms. The van der Waals surface area contributed by atoms with E-state index >= 15 is 0 Å². The van der Waals surface area contributed by atoms with E-state index in [4.69, 9.17) is 14.2 Å². The average molecular weight is 430 g/mol. The molecule has 3 rings (SSSR count). The molecule has 2 amide bonds. The summed E-state index contributed by atoms with van der Waals surface area (Å²) in [5, 5.41) is 5.92. The number of benzene rings is 1. The predicted octanol–water partition coefficient (Wildman–Crippen LogP) is 3.49. The monoisotopic (exact) mass is 430 g/mol. The van der Waals surface area contributed by atoms with Crippen LogP contribution in [0.4, 0.5) is 22.0 Å². The van der Waals surface area contributed by atoms with Gasteiger partial charge in [-0.25, -0.2) is 19.7 Å². The van der Waals surface area contributed by atoms with Crippen LogP contribution in [-0.4, -0.2) is 53.2 Å². The van der Waals surface area contributed by atoms with Crippen molar-refractivity contribution in [2.75, 3.05) is 38.5 Å². The SMILES string of the molecule is CCN(S)C(=O)Nc1ccnc2ncc(Nc3cc(OC)c(OC)c(OC)c3)nc12. The first-order valence-corrected chi connectivity index (χ1v) is 9.36. The lowest BCUT2D eigenvalue weighted by Crippen LogP contribution is -2.26. The molecule has 3 aromatic rings. The largest absolute Gasteiger partial charge is 0.493 e. The van der Waals surface area contributed by atoms with Gasteiger partial charge in [0.1, 0.15) is 11.3 Å². The van der Waals surface area contributed by atoms with E-state index in [0.717, 1.165) is 0 Å². The van der Waals surface area contributed by atoms with E-state index in [0.29, 0.717) is 52.1 Å². The van der Waals surface area contributed by atoms with Crippen LogP contribution in [0.3, 0.4) is 0 Å². The molecule has 0 saturated carbocycles. The Morgan fingerprint density at radius 3 is 2.43 bits per heavy atom. The number of amides is 2. The van der Waals surface area contributed by atoms with Crippen LogP contribution in [0.15, 0.2) is 30.6 Å². The molecule has 0 atom stereocenters. The zero-order valence-corrected chi connectivity index (χ0v) is 17.9. The van der Waals surface area contributed by atoms with Crippen molar-refractivity contribution in [2.45, 2.75) is 6.92 Å². The van der Waals surface area contributed by atoms with Crippen molar-refractivity contribution in [3.05, 3.63) is 30.6 Å². The summed E-state index contributed by atoms with van der Waals surface area (Å²) in [6, 6.07) is 4.77. The topological polar surface area (TPSA) is 111 Å². The van der Waals surface area contributed by atoms with Crippen LogP contribution in [0.5, 0.6) is 17.2 Å². The van der Waals surface area contributed by atoms with E-state index in [1.54, 1.807) is 44.8 Å². The molecule has 30 heavy (non-hydrogen) atoms. The lowest BCUT2D eigenvalue weighted by atomic mass is 10.2. The highest BCUT2D eigenvalue weighted by Crippen LogP contribution is 2.40. The van der Waals surface area contributed by atoms with Gasteiger partial charge in [-0.05, 0) is 13.0 Å². The Kier molecular flexibility index (Phi) is 6.62. The molecule has 0 radical (unpaired) electrons. The molecule has 2 aromatic heterocycles. The van der Waals surface area contributed by atoms with Gasteiger partial charge < -0.3 is 24.8 Å². The van der Waals surface area contributed by atoms with Crippen molar-refractivity contribution < 1.29 is 19.0 Å². The number of methoxy groups -OCH3 is 3. The number of hydrogen-bond donors (Lipinski definition) is 3. The second-order valence-corrected chi connectivity index (χ2v) is 6.45. The van der Waals surface area contributed by atoms with E-state index in [1.807, 2.05) is 6.92 Å². The number of thiol groups is 1. The third kappa shape index (κ3) is 4.40. The summed E-state index contributed by atoms with van der Waals surface area (Å²) in [5.41, 5.74) is 1.95. The van der Waals surface area contributed by atoms with Crippen LogP contribution in [0, 0.1) is 0 Å². The maximum atomic E-state index is 12.2. The summed E-state index contributed by atoms with van der Waals surface area (Å²) in [5.74, 6) is 1.92. The molecule has 0 unspecified atom stereocenters. The lowest BCUT2D eigenvalue weighted by Gasteiger charge is -2.16. The number of aromatic nitrogens is 3. The van der Waals surface area contributed by atoms with E-state index in [-0.39, 0.29) is 6.03 Å². The van der Waals surface area contributed by atoms with Gasteiger partial charge in [0, 0.05) is 30.6 Å². The van der Waals surface area contributed by atoms with Crippen LogP contribution in [-0.2, 0) is 0 Å². The molecule has 0 aliphatic rings. The number of nitrogens with zero attached hydrogens (tertiary/aromatic N) is 4. The first-order chi connectivity index (χ1) is 14.5. The molecule has 0 bridgehead atoms. The van der Waals surface area contributed by atoms with Crippen LogP contribution >= 0.6 is 12.8 Å². The van der Waals surface area contributed by atoms with Gasteiger partial charge >= 0.3 is 6.03 Å². The summed E-state index contributed by atoms with van der Waals surface area (Å²) in [7, 11) is 4.62. The minimum Gasteiger partial charge on any atom is -0.493 e. The van der Waals surface area contributed by atoms with Crippen molar-refractivity contribution in [1.82, 2.24) is 19.3 Å². The number of rotatable bonds is 7. The molecule has 158 valence electrons. The quantitative estimate of drug-likeness (QED) is 0.489. The van der Waals surface area contributed by atoms with Gasteiger partial charge in [-0.1, -0.05) is 12.8 Å². The van der Waals surface area contributed by atoms with E-state index in [9.17, 15) is 4.79 Å². The fourth-order valence-electron chi connectivity index (χ4n) is 2.70. The van der Waals surface area contributed by atoms with Crippen molar-refractivity contribution >= 4 is 47.2 Å². The minimum absolute atomic E-state index is 0.377. The van der Waals surface area contributed by atoms with E-state index < -0.39 is 0 Å². The number of anilines is 3. The normalized spacial score (nSPS) is 10.4. The molecular formula is C19H22N6O4S. The summed E-state index contributed by atoms with van der Waals surface area (Å²) >= 11 is 4.11. The van der Waals surface area contributed by atoms with Crippen LogP contribution in [0.2, 0.25) is 0 Å².